The van der Waals surface area contributed by atoms with Crippen LogP contribution in [0.25, 0.3) is 16.9 Å². The minimum atomic E-state index is -5.10. The normalized spacial score (nSPS) is 12.8. The van der Waals surface area contributed by atoms with Crippen molar-refractivity contribution in [1.82, 2.24) is 19.7 Å². The number of alkyl halides is 6. The van der Waals surface area contributed by atoms with E-state index >= 15 is 0 Å². The number of fused-ring (bicyclic) bond motifs is 1. The summed E-state index contributed by atoms with van der Waals surface area (Å²) in [7, 11) is 0. The lowest BCUT2D eigenvalue weighted by atomic mass is 10.1. The Kier molecular flexibility index (Phi) is 4.02. The first-order chi connectivity index (χ1) is 11.9. The van der Waals surface area contributed by atoms with E-state index in [9.17, 15) is 26.3 Å². The summed E-state index contributed by atoms with van der Waals surface area (Å²) in [5.41, 5.74) is 2.23. The lowest BCUT2D eigenvalue weighted by Crippen LogP contribution is -2.13. The predicted molar refractivity (Wildman–Crippen MR) is 80.8 cm³/mol. The second-order valence-corrected chi connectivity index (χ2v) is 5.77. The number of hydrogen-bond acceptors (Lipinski definition) is 4. The SMILES string of the molecule is Cc1cnc(-n2nc3nc(C(F)(F)F)cc(C(F)(F)F)c3c2N)c(Cl)c1. The lowest BCUT2D eigenvalue weighted by Gasteiger charge is -2.12. The molecule has 0 unspecified atom stereocenters. The highest BCUT2D eigenvalue weighted by Gasteiger charge is 2.41. The molecule has 0 bridgehead atoms. The summed E-state index contributed by atoms with van der Waals surface area (Å²) in [5.74, 6) is -0.707. The Morgan fingerprint density at radius 3 is 2.27 bits per heavy atom. The van der Waals surface area contributed by atoms with E-state index < -0.39 is 40.5 Å². The molecule has 0 aliphatic heterocycles. The maximum atomic E-state index is 13.3. The predicted octanol–water partition coefficient (Wildman–Crippen LogP) is 4.40. The Morgan fingerprint density at radius 2 is 1.73 bits per heavy atom. The first kappa shape index (κ1) is 18.2. The molecule has 0 atom stereocenters. The van der Waals surface area contributed by atoms with Crippen molar-refractivity contribution in [1.29, 1.82) is 0 Å². The molecule has 26 heavy (non-hydrogen) atoms. The maximum absolute atomic E-state index is 13.3. The fourth-order valence-corrected chi connectivity index (χ4v) is 2.62. The Morgan fingerprint density at radius 1 is 1.08 bits per heavy atom. The number of hydrogen-bond donors (Lipinski definition) is 1. The standard InChI is InChI=1S/C14H8ClF6N5/c1-5-2-7(15)12(23-4-5)26-10(22)9-6(13(16,17)18)3-8(14(19,20)21)24-11(9)25-26/h2-4H,22H2,1H3. The highest BCUT2D eigenvalue weighted by atomic mass is 35.5. The third-order valence-electron chi connectivity index (χ3n) is 3.43. The summed E-state index contributed by atoms with van der Waals surface area (Å²) >= 11 is 6.00. The number of rotatable bonds is 1. The maximum Gasteiger partial charge on any atom is 0.433 e. The van der Waals surface area contributed by atoms with Gasteiger partial charge in [0, 0.05) is 6.20 Å². The van der Waals surface area contributed by atoms with E-state index in [1.165, 1.54) is 12.3 Å². The Bertz CT molecular complexity index is 1010. The van der Waals surface area contributed by atoms with E-state index in [1.807, 2.05) is 0 Å². The number of pyridine rings is 2. The highest BCUT2D eigenvalue weighted by molar-refractivity contribution is 6.32. The highest BCUT2D eigenvalue weighted by Crippen LogP contribution is 2.41. The summed E-state index contributed by atoms with van der Waals surface area (Å²) < 4.78 is 79.3. The van der Waals surface area contributed by atoms with Crippen molar-refractivity contribution in [2.45, 2.75) is 19.3 Å². The molecule has 12 heteroatoms. The molecule has 0 aliphatic rings. The van der Waals surface area contributed by atoms with E-state index in [2.05, 4.69) is 15.1 Å². The van der Waals surface area contributed by atoms with Crippen LogP contribution < -0.4 is 5.73 Å². The van der Waals surface area contributed by atoms with Crippen LogP contribution in [0.5, 0.6) is 0 Å². The van der Waals surface area contributed by atoms with Gasteiger partial charge in [-0.3, -0.25) is 0 Å². The van der Waals surface area contributed by atoms with Crippen LogP contribution in [-0.2, 0) is 12.4 Å². The van der Waals surface area contributed by atoms with Gasteiger partial charge in [0.25, 0.3) is 0 Å². The fraction of sp³-hybridized carbons (Fsp3) is 0.214. The van der Waals surface area contributed by atoms with E-state index in [0.29, 0.717) is 5.56 Å². The van der Waals surface area contributed by atoms with Gasteiger partial charge in [-0.25, -0.2) is 9.97 Å². The van der Waals surface area contributed by atoms with Gasteiger partial charge in [-0.1, -0.05) is 11.6 Å². The van der Waals surface area contributed by atoms with E-state index in [4.69, 9.17) is 17.3 Å². The van der Waals surface area contributed by atoms with Crippen LogP contribution in [0.15, 0.2) is 18.3 Å². The summed E-state index contributed by atoms with van der Waals surface area (Å²) in [6.07, 6.45) is -8.84. The molecule has 5 nitrogen and oxygen atoms in total. The van der Waals surface area contributed by atoms with Crippen molar-refractivity contribution in [3.05, 3.63) is 40.2 Å². The zero-order valence-electron chi connectivity index (χ0n) is 12.7. The lowest BCUT2D eigenvalue weighted by molar-refractivity contribution is -0.144. The second-order valence-electron chi connectivity index (χ2n) is 5.36. The number of nitrogen functional groups attached to an aromatic ring is 1. The molecule has 0 aromatic carbocycles. The third-order valence-corrected chi connectivity index (χ3v) is 3.71. The minimum Gasteiger partial charge on any atom is -0.383 e. The van der Waals surface area contributed by atoms with Crippen molar-refractivity contribution < 1.29 is 26.3 Å². The molecule has 0 spiro atoms. The van der Waals surface area contributed by atoms with Crippen molar-refractivity contribution in [2.24, 2.45) is 0 Å². The molecule has 3 rings (SSSR count). The van der Waals surface area contributed by atoms with E-state index in [0.717, 1.165) is 4.68 Å². The van der Waals surface area contributed by atoms with Crippen LogP contribution in [-0.4, -0.2) is 19.7 Å². The molecule has 0 amide bonds. The van der Waals surface area contributed by atoms with Crippen LogP contribution in [0.3, 0.4) is 0 Å². The van der Waals surface area contributed by atoms with Crippen molar-refractivity contribution in [3.8, 4) is 5.82 Å². The van der Waals surface area contributed by atoms with Gasteiger partial charge in [0.2, 0.25) is 0 Å². The quantitative estimate of drug-likeness (QED) is 0.620. The zero-order valence-corrected chi connectivity index (χ0v) is 13.5. The summed E-state index contributed by atoms with van der Waals surface area (Å²) in [6, 6.07) is 1.35. The molecule has 3 heterocycles. The second kappa shape index (κ2) is 5.73. The summed E-state index contributed by atoms with van der Waals surface area (Å²) in [5, 5.41) is 2.90. The van der Waals surface area contributed by atoms with Crippen LogP contribution >= 0.6 is 11.6 Å². The largest absolute Gasteiger partial charge is 0.433 e. The molecule has 0 saturated carbocycles. The van der Waals surface area contributed by atoms with Crippen LogP contribution in [0.4, 0.5) is 32.2 Å². The van der Waals surface area contributed by atoms with Gasteiger partial charge in [-0.05, 0) is 24.6 Å². The monoisotopic (exact) mass is 395 g/mol. The Balaban J connectivity index is 2.38. The molecule has 2 N–H and O–H groups in total. The molecule has 3 aromatic rings. The van der Waals surface area contributed by atoms with Crippen molar-refractivity contribution in [2.75, 3.05) is 5.73 Å². The molecule has 0 radical (unpaired) electrons. The number of anilines is 1. The molecule has 138 valence electrons. The summed E-state index contributed by atoms with van der Waals surface area (Å²) in [6.45, 7) is 1.67. The number of nitrogens with two attached hydrogens (primary N) is 1. The van der Waals surface area contributed by atoms with Gasteiger partial charge in [-0.15, -0.1) is 5.10 Å². The first-order valence-electron chi connectivity index (χ1n) is 6.85. The van der Waals surface area contributed by atoms with Gasteiger partial charge in [0.15, 0.2) is 11.5 Å². The molecular weight excluding hydrogens is 388 g/mol. The molecule has 0 fully saturated rings. The summed E-state index contributed by atoms with van der Waals surface area (Å²) in [4.78, 5) is 7.09. The van der Waals surface area contributed by atoms with Gasteiger partial charge < -0.3 is 5.73 Å². The van der Waals surface area contributed by atoms with Gasteiger partial charge >= 0.3 is 12.4 Å². The van der Waals surface area contributed by atoms with Crippen molar-refractivity contribution in [3.63, 3.8) is 0 Å². The minimum absolute atomic E-state index is 0.00843. The number of aromatic nitrogens is 4. The van der Waals surface area contributed by atoms with Crippen LogP contribution in [0.1, 0.15) is 16.8 Å². The average Bonchev–Trinajstić information content (AvgIpc) is 2.81. The fourth-order valence-electron chi connectivity index (χ4n) is 2.32. The van der Waals surface area contributed by atoms with Crippen LogP contribution in [0.2, 0.25) is 5.02 Å². The van der Waals surface area contributed by atoms with Crippen molar-refractivity contribution >= 4 is 28.5 Å². The topological polar surface area (TPSA) is 69.6 Å². The average molecular weight is 396 g/mol. The molecule has 0 aliphatic carbocycles. The molecular formula is C14H8ClF6N5. The van der Waals surface area contributed by atoms with E-state index in [1.54, 1.807) is 6.92 Å². The number of aryl methyl sites for hydroxylation is 1. The smallest absolute Gasteiger partial charge is 0.383 e. The molecule has 0 saturated heterocycles. The Hall–Kier alpha value is -2.56. The van der Waals surface area contributed by atoms with Gasteiger partial charge in [0.05, 0.1) is 16.0 Å². The molecule has 3 aromatic heterocycles. The van der Waals surface area contributed by atoms with Gasteiger partial charge in [-0.2, -0.15) is 31.0 Å². The van der Waals surface area contributed by atoms with E-state index in [-0.39, 0.29) is 16.9 Å². The number of nitrogens with zero attached hydrogens (tertiary/aromatic N) is 4. The third kappa shape index (κ3) is 3.02. The van der Waals surface area contributed by atoms with Crippen LogP contribution in [0, 0.1) is 6.92 Å². The number of halogens is 7. The Labute approximate surface area is 146 Å². The zero-order chi connectivity index (χ0) is 19.4. The first-order valence-corrected chi connectivity index (χ1v) is 7.23. The van der Waals surface area contributed by atoms with Gasteiger partial charge in [0.1, 0.15) is 11.5 Å².